The van der Waals surface area contributed by atoms with Gasteiger partial charge in [0, 0.05) is 11.6 Å². The lowest BCUT2D eigenvalue weighted by Crippen LogP contribution is -2.29. The zero-order valence-electron chi connectivity index (χ0n) is 11.3. The van der Waals surface area contributed by atoms with Crippen LogP contribution in [0, 0.1) is 24.6 Å². The van der Waals surface area contributed by atoms with Gasteiger partial charge in [0.05, 0.1) is 0 Å². The topological polar surface area (TPSA) is 55.1 Å². The first-order chi connectivity index (χ1) is 9.10. The molecule has 1 aliphatic carbocycles. The molecule has 0 aromatic heterocycles. The third-order valence-electron chi connectivity index (χ3n) is 3.98. The highest BCUT2D eigenvalue weighted by Crippen LogP contribution is 2.29. The molecular formula is C15H21FN2O. The van der Waals surface area contributed by atoms with Crippen molar-refractivity contribution in [3.63, 3.8) is 0 Å². The van der Waals surface area contributed by atoms with E-state index in [1.165, 1.54) is 6.07 Å². The highest BCUT2D eigenvalue weighted by atomic mass is 19.1. The largest absolute Gasteiger partial charge is 0.330 e. The van der Waals surface area contributed by atoms with Crippen molar-refractivity contribution in [2.24, 2.45) is 17.6 Å². The molecule has 3 nitrogen and oxygen atoms in total. The summed E-state index contributed by atoms with van der Waals surface area (Å²) in [5.74, 6) is 0.424. The molecule has 1 aromatic carbocycles. The molecule has 0 atom stereocenters. The molecule has 3 N–H and O–H groups in total. The Morgan fingerprint density at radius 3 is 2.63 bits per heavy atom. The first kappa shape index (κ1) is 14.0. The smallest absolute Gasteiger partial charge is 0.227 e. The Hall–Kier alpha value is -1.42. The summed E-state index contributed by atoms with van der Waals surface area (Å²) in [6, 6.07) is 4.65. The Kier molecular flexibility index (Phi) is 4.53. The van der Waals surface area contributed by atoms with E-state index in [0.29, 0.717) is 23.7 Å². The quantitative estimate of drug-likeness (QED) is 0.882. The van der Waals surface area contributed by atoms with Gasteiger partial charge in [-0.15, -0.1) is 0 Å². The summed E-state index contributed by atoms with van der Waals surface area (Å²) in [5, 5.41) is 2.88. The van der Waals surface area contributed by atoms with Gasteiger partial charge in [-0.3, -0.25) is 4.79 Å². The molecule has 1 fully saturated rings. The van der Waals surface area contributed by atoms with E-state index in [2.05, 4.69) is 5.32 Å². The summed E-state index contributed by atoms with van der Waals surface area (Å²) in [4.78, 5) is 12.1. The van der Waals surface area contributed by atoms with Crippen LogP contribution < -0.4 is 11.1 Å². The fraction of sp³-hybridized carbons (Fsp3) is 0.533. The number of carbonyl (C=O) groups is 1. The predicted octanol–water partition coefficient (Wildman–Crippen LogP) is 2.84. The number of aryl methyl sites for hydroxylation is 1. The lowest BCUT2D eigenvalue weighted by molar-refractivity contribution is -0.121. The van der Waals surface area contributed by atoms with E-state index in [-0.39, 0.29) is 17.6 Å². The first-order valence-electron chi connectivity index (χ1n) is 6.87. The molecule has 2 rings (SSSR count). The van der Waals surface area contributed by atoms with E-state index < -0.39 is 0 Å². The Bertz CT molecular complexity index is 453. The molecular weight excluding hydrogens is 243 g/mol. The average molecular weight is 264 g/mol. The monoisotopic (exact) mass is 264 g/mol. The van der Waals surface area contributed by atoms with E-state index in [4.69, 9.17) is 5.73 Å². The van der Waals surface area contributed by atoms with E-state index in [1.54, 1.807) is 19.1 Å². The Morgan fingerprint density at radius 2 is 2.05 bits per heavy atom. The van der Waals surface area contributed by atoms with Gasteiger partial charge < -0.3 is 11.1 Å². The zero-order valence-corrected chi connectivity index (χ0v) is 11.3. The molecule has 19 heavy (non-hydrogen) atoms. The Morgan fingerprint density at radius 1 is 1.37 bits per heavy atom. The molecule has 0 spiro atoms. The molecule has 0 unspecified atom stereocenters. The molecule has 4 heteroatoms. The van der Waals surface area contributed by atoms with Gasteiger partial charge in [-0.2, -0.15) is 0 Å². The van der Waals surface area contributed by atoms with E-state index >= 15 is 0 Å². The predicted molar refractivity (Wildman–Crippen MR) is 74.3 cm³/mol. The third kappa shape index (κ3) is 3.53. The highest BCUT2D eigenvalue weighted by Gasteiger charge is 2.25. The summed E-state index contributed by atoms with van der Waals surface area (Å²) in [6.07, 6.45) is 3.84. The Labute approximate surface area is 113 Å². The number of nitrogens with two attached hydrogens (primary N) is 1. The van der Waals surface area contributed by atoms with Crippen molar-refractivity contribution in [2.45, 2.75) is 32.6 Å². The van der Waals surface area contributed by atoms with Crippen LogP contribution in [-0.4, -0.2) is 12.5 Å². The molecule has 104 valence electrons. The van der Waals surface area contributed by atoms with Crippen molar-refractivity contribution in [1.29, 1.82) is 0 Å². The van der Waals surface area contributed by atoms with Gasteiger partial charge in [0.1, 0.15) is 5.82 Å². The van der Waals surface area contributed by atoms with Crippen LogP contribution >= 0.6 is 0 Å². The maximum atomic E-state index is 13.1. The number of amides is 1. The second-order valence-electron chi connectivity index (χ2n) is 5.41. The first-order valence-corrected chi connectivity index (χ1v) is 6.87. The number of halogens is 1. The zero-order chi connectivity index (χ0) is 13.8. The average Bonchev–Trinajstić information content (AvgIpc) is 2.43. The number of anilines is 1. The highest BCUT2D eigenvalue weighted by molar-refractivity contribution is 5.92. The minimum atomic E-state index is -0.249. The SMILES string of the molecule is Cc1cc(NC(=O)C2CCC(CN)CC2)ccc1F. The van der Waals surface area contributed by atoms with Crippen LogP contribution in [0.15, 0.2) is 18.2 Å². The number of hydrogen-bond acceptors (Lipinski definition) is 2. The number of benzene rings is 1. The molecule has 0 heterocycles. The van der Waals surface area contributed by atoms with Crippen molar-refractivity contribution < 1.29 is 9.18 Å². The molecule has 1 saturated carbocycles. The standard InChI is InChI=1S/C15H21FN2O/c1-10-8-13(6-7-14(10)16)18-15(19)12-4-2-11(9-17)3-5-12/h6-8,11-12H,2-5,9,17H2,1H3,(H,18,19). The fourth-order valence-electron chi connectivity index (χ4n) is 2.63. The molecule has 0 bridgehead atoms. The normalized spacial score (nSPS) is 23.1. The maximum Gasteiger partial charge on any atom is 0.227 e. The van der Waals surface area contributed by atoms with E-state index in [0.717, 1.165) is 25.7 Å². The van der Waals surface area contributed by atoms with Crippen molar-refractivity contribution in [1.82, 2.24) is 0 Å². The number of hydrogen-bond donors (Lipinski definition) is 2. The lowest BCUT2D eigenvalue weighted by atomic mass is 9.81. The maximum absolute atomic E-state index is 13.1. The van der Waals surface area contributed by atoms with E-state index in [9.17, 15) is 9.18 Å². The van der Waals surface area contributed by atoms with Crippen LogP contribution in [0.25, 0.3) is 0 Å². The van der Waals surface area contributed by atoms with Crippen molar-refractivity contribution in [3.05, 3.63) is 29.6 Å². The minimum absolute atomic E-state index is 0.0430. The van der Waals surface area contributed by atoms with Crippen molar-refractivity contribution in [2.75, 3.05) is 11.9 Å². The summed E-state index contributed by atoms with van der Waals surface area (Å²) in [5.41, 5.74) is 6.86. The second-order valence-corrected chi connectivity index (χ2v) is 5.41. The molecule has 1 aliphatic rings. The van der Waals surface area contributed by atoms with Gasteiger partial charge in [-0.1, -0.05) is 0 Å². The van der Waals surface area contributed by atoms with Gasteiger partial charge in [0.25, 0.3) is 0 Å². The van der Waals surface area contributed by atoms with Gasteiger partial charge >= 0.3 is 0 Å². The van der Waals surface area contributed by atoms with Gasteiger partial charge in [-0.05, 0) is 68.8 Å². The van der Waals surface area contributed by atoms with Crippen LogP contribution in [-0.2, 0) is 4.79 Å². The Balaban J connectivity index is 1.92. The van der Waals surface area contributed by atoms with Gasteiger partial charge in [0.2, 0.25) is 5.91 Å². The van der Waals surface area contributed by atoms with Gasteiger partial charge in [-0.25, -0.2) is 4.39 Å². The van der Waals surface area contributed by atoms with Crippen molar-refractivity contribution in [3.8, 4) is 0 Å². The number of nitrogens with one attached hydrogen (secondary N) is 1. The molecule has 0 aliphatic heterocycles. The lowest BCUT2D eigenvalue weighted by Gasteiger charge is -2.26. The second kappa shape index (κ2) is 6.15. The minimum Gasteiger partial charge on any atom is -0.330 e. The van der Waals surface area contributed by atoms with Crippen LogP contribution in [0.3, 0.4) is 0 Å². The summed E-state index contributed by atoms with van der Waals surface area (Å²) >= 11 is 0. The third-order valence-corrected chi connectivity index (χ3v) is 3.98. The number of rotatable bonds is 3. The summed E-state index contributed by atoms with van der Waals surface area (Å²) in [6.45, 7) is 2.41. The van der Waals surface area contributed by atoms with Crippen LogP contribution in [0.4, 0.5) is 10.1 Å². The fourth-order valence-corrected chi connectivity index (χ4v) is 2.63. The van der Waals surface area contributed by atoms with E-state index in [1.807, 2.05) is 0 Å². The molecule has 1 amide bonds. The molecule has 0 radical (unpaired) electrons. The van der Waals surface area contributed by atoms with Gasteiger partial charge in [0.15, 0.2) is 0 Å². The van der Waals surface area contributed by atoms with Crippen LogP contribution in [0.5, 0.6) is 0 Å². The molecule has 1 aromatic rings. The van der Waals surface area contributed by atoms with Crippen LogP contribution in [0.2, 0.25) is 0 Å². The summed E-state index contributed by atoms with van der Waals surface area (Å²) < 4.78 is 13.1. The number of carbonyl (C=O) groups excluding carboxylic acids is 1. The molecule has 0 saturated heterocycles. The summed E-state index contributed by atoms with van der Waals surface area (Å²) in [7, 11) is 0. The van der Waals surface area contributed by atoms with Crippen molar-refractivity contribution >= 4 is 11.6 Å². The van der Waals surface area contributed by atoms with Crippen LogP contribution in [0.1, 0.15) is 31.2 Å².